The number of halogens is 1. The number of hydrogen-bond donors (Lipinski definition) is 3. The molecule has 4 rings (SSSR count). The number of aromatic amines is 1. The monoisotopic (exact) mass is 470 g/mol. The van der Waals surface area contributed by atoms with Gasteiger partial charge in [-0.1, -0.05) is 43.7 Å². The van der Waals surface area contributed by atoms with Gasteiger partial charge in [-0.15, -0.1) is 12.4 Å². The number of nitrogens with zero attached hydrogens (tertiary/aromatic N) is 1. The van der Waals surface area contributed by atoms with E-state index in [1.54, 1.807) is 6.07 Å². The largest absolute Gasteiger partial charge is 0.378 e. The Balaban J connectivity index is 0.00000306. The average molecular weight is 471 g/mol. The number of H-pyrrole nitrogens is 1. The summed E-state index contributed by atoms with van der Waals surface area (Å²) in [4.78, 5) is 25.2. The molecule has 7 nitrogen and oxygen atoms in total. The number of rotatable bonds is 7. The van der Waals surface area contributed by atoms with Crippen molar-refractivity contribution in [1.29, 1.82) is 0 Å². The van der Waals surface area contributed by atoms with Crippen molar-refractivity contribution in [2.75, 3.05) is 11.9 Å². The van der Waals surface area contributed by atoms with Crippen molar-refractivity contribution in [3.8, 4) is 11.3 Å². The molecule has 3 unspecified atom stereocenters. The van der Waals surface area contributed by atoms with Gasteiger partial charge in [0, 0.05) is 29.3 Å². The van der Waals surface area contributed by atoms with E-state index in [1.807, 2.05) is 42.5 Å². The molecule has 0 aliphatic carbocycles. The summed E-state index contributed by atoms with van der Waals surface area (Å²) < 4.78 is 5.63. The smallest absolute Gasteiger partial charge is 0.272 e. The van der Waals surface area contributed by atoms with Crippen LogP contribution in [-0.4, -0.2) is 40.9 Å². The van der Waals surface area contributed by atoms with Gasteiger partial charge < -0.3 is 15.4 Å². The predicted molar refractivity (Wildman–Crippen MR) is 134 cm³/mol. The van der Waals surface area contributed by atoms with Crippen LogP contribution in [0.1, 0.15) is 39.5 Å². The fraction of sp³-hybridized carbons (Fsp3) is 0.400. The van der Waals surface area contributed by atoms with Gasteiger partial charge in [-0.3, -0.25) is 9.59 Å². The van der Waals surface area contributed by atoms with Crippen LogP contribution in [0, 0.1) is 0 Å². The molecule has 1 aromatic heterocycles. The van der Waals surface area contributed by atoms with E-state index in [4.69, 9.17) is 4.74 Å². The van der Waals surface area contributed by atoms with Gasteiger partial charge in [-0.05, 0) is 44.4 Å². The predicted octanol–water partition coefficient (Wildman–Crippen LogP) is 4.28. The van der Waals surface area contributed by atoms with Gasteiger partial charge in [-0.2, -0.15) is 5.10 Å². The fourth-order valence-corrected chi connectivity index (χ4v) is 4.32. The third kappa shape index (κ3) is 5.99. The first-order chi connectivity index (χ1) is 15.5. The number of carbonyl (C=O) groups excluding carboxylic acids is 1. The summed E-state index contributed by atoms with van der Waals surface area (Å²) in [5.74, 6) is -0.0394. The number of carbonyl (C=O) groups is 1. The molecular formula is C25H31ClN4O3. The van der Waals surface area contributed by atoms with Gasteiger partial charge in [0.2, 0.25) is 5.91 Å². The number of ether oxygens (including phenoxy) is 1. The summed E-state index contributed by atoms with van der Waals surface area (Å²) in [6, 6.07) is 15.0. The number of nitrogens with one attached hydrogen (secondary N) is 3. The van der Waals surface area contributed by atoms with Crippen molar-refractivity contribution < 1.29 is 9.53 Å². The molecule has 2 aromatic carbocycles. The molecule has 1 aliphatic heterocycles. The molecule has 1 saturated heterocycles. The maximum Gasteiger partial charge on any atom is 0.272 e. The van der Waals surface area contributed by atoms with Crippen LogP contribution in [0.4, 0.5) is 5.69 Å². The molecular weight excluding hydrogens is 440 g/mol. The van der Waals surface area contributed by atoms with E-state index in [9.17, 15) is 9.59 Å². The van der Waals surface area contributed by atoms with E-state index in [-0.39, 0.29) is 42.1 Å². The molecule has 33 heavy (non-hydrogen) atoms. The van der Waals surface area contributed by atoms with Gasteiger partial charge in [0.05, 0.1) is 23.2 Å². The van der Waals surface area contributed by atoms with Crippen molar-refractivity contribution in [2.24, 2.45) is 0 Å². The minimum atomic E-state index is -0.258. The minimum Gasteiger partial charge on any atom is -0.378 e. The van der Waals surface area contributed by atoms with Crippen molar-refractivity contribution in [3.05, 3.63) is 58.9 Å². The van der Waals surface area contributed by atoms with Crippen LogP contribution < -0.4 is 16.2 Å². The number of hydrogen-bond acceptors (Lipinski definition) is 5. The first kappa shape index (κ1) is 24.9. The second-order valence-electron chi connectivity index (χ2n) is 8.43. The summed E-state index contributed by atoms with van der Waals surface area (Å²) in [5, 5.41) is 14.8. The highest BCUT2D eigenvalue weighted by Crippen LogP contribution is 2.26. The molecule has 2 heterocycles. The molecule has 8 heteroatoms. The molecule has 3 atom stereocenters. The Hall–Kier alpha value is -2.74. The molecule has 3 N–H and O–H groups in total. The molecule has 1 fully saturated rings. The Labute approximate surface area is 199 Å². The summed E-state index contributed by atoms with van der Waals surface area (Å²) >= 11 is 0. The average Bonchev–Trinajstić information content (AvgIpc) is 2.79. The molecule has 0 radical (unpaired) electrons. The lowest BCUT2D eigenvalue weighted by molar-refractivity contribution is -0.118. The van der Waals surface area contributed by atoms with Crippen LogP contribution in [0.25, 0.3) is 22.0 Å². The summed E-state index contributed by atoms with van der Waals surface area (Å²) in [5.41, 5.74) is 1.99. The number of anilines is 1. The SMILES string of the molecule is CCCC(NC1CCOC(C)C1)C(=O)Nc1cccc(-c2n[nH]c(=O)c3ccccc23)c1.Cl. The third-order valence-electron chi connectivity index (χ3n) is 5.92. The van der Waals surface area contributed by atoms with Gasteiger partial charge in [0.25, 0.3) is 5.56 Å². The first-order valence-corrected chi connectivity index (χ1v) is 11.3. The van der Waals surface area contributed by atoms with Gasteiger partial charge in [-0.25, -0.2) is 5.10 Å². The van der Waals surface area contributed by atoms with E-state index >= 15 is 0 Å². The topological polar surface area (TPSA) is 96.1 Å². The van der Waals surface area contributed by atoms with E-state index in [1.165, 1.54) is 0 Å². The van der Waals surface area contributed by atoms with Gasteiger partial charge in [0.15, 0.2) is 0 Å². The lowest BCUT2D eigenvalue weighted by atomic mass is 10.0. The van der Waals surface area contributed by atoms with E-state index in [0.29, 0.717) is 16.8 Å². The van der Waals surface area contributed by atoms with Gasteiger partial charge in [0.1, 0.15) is 0 Å². The van der Waals surface area contributed by atoms with Crippen molar-refractivity contribution in [1.82, 2.24) is 15.5 Å². The number of benzene rings is 2. The third-order valence-corrected chi connectivity index (χ3v) is 5.92. The Bertz CT molecular complexity index is 1150. The van der Waals surface area contributed by atoms with Crippen LogP contribution in [0.5, 0.6) is 0 Å². The summed E-state index contributed by atoms with van der Waals surface area (Å²) in [7, 11) is 0. The number of amides is 1. The molecule has 176 valence electrons. The number of aromatic nitrogens is 2. The van der Waals surface area contributed by atoms with E-state index < -0.39 is 0 Å². The molecule has 3 aromatic rings. The maximum absolute atomic E-state index is 13.1. The lowest BCUT2D eigenvalue weighted by Gasteiger charge is -2.31. The molecule has 0 bridgehead atoms. The normalized spacial score (nSPS) is 19.0. The summed E-state index contributed by atoms with van der Waals surface area (Å²) in [6.45, 7) is 4.88. The minimum absolute atomic E-state index is 0. The lowest BCUT2D eigenvalue weighted by Crippen LogP contribution is -2.48. The molecule has 1 amide bonds. The Morgan fingerprint density at radius 3 is 2.76 bits per heavy atom. The summed E-state index contributed by atoms with van der Waals surface area (Å²) in [6.07, 6.45) is 3.72. The molecule has 0 saturated carbocycles. The quantitative estimate of drug-likeness (QED) is 0.479. The van der Waals surface area contributed by atoms with Crippen LogP contribution in [0.15, 0.2) is 53.3 Å². The Morgan fingerprint density at radius 2 is 2.00 bits per heavy atom. The second-order valence-corrected chi connectivity index (χ2v) is 8.43. The Morgan fingerprint density at radius 1 is 1.21 bits per heavy atom. The molecule has 0 spiro atoms. The molecule has 1 aliphatic rings. The zero-order valence-corrected chi connectivity index (χ0v) is 19.8. The van der Waals surface area contributed by atoms with Crippen LogP contribution in [-0.2, 0) is 9.53 Å². The highest BCUT2D eigenvalue weighted by Gasteiger charge is 2.25. The Kier molecular flexibility index (Phi) is 8.61. The standard InChI is InChI=1S/C25H30N4O3.ClH/c1-3-7-22(26-19-12-13-32-16(2)14-19)25(31)27-18-9-6-8-17(15-18)23-20-10-4-5-11-21(20)24(30)29-28-23;/h4-6,8-11,15-16,19,22,26H,3,7,12-14H2,1-2H3,(H,27,31)(H,29,30);1H. The van der Waals surface area contributed by atoms with Crippen molar-refractivity contribution in [2.45, 2.75) is 57.7 Å². The van der Waals surface area contributed by atoms with Crippen LogP contribution in [0.3, 0.4) is 0 Å². The first-order valence-electron chi connectivity index (χ1n) is 11.3. The maximum atomic E-state index is 13.1. The van der Waals surface area contributed by atoms with E-state index in [0.717, 1.165) is 43.2 Å². The van der Waals surface area contributed by atoms with E-state index in [2.05, 4.69) is 34.7 Å². The zero-order valence-electron chi connectivity index (χ0n) is 19.0. The highest BCUT2D eigenvalue weighted by atomic mass is 35.5. The highest BCUT2D eigenvalue weighted by molar-refractivity contribution is 5.97. The zero-order chi connectivity index (χ0) is 22.5. The number of fused-ring (bicyclic) bond motifs is 1. The van der Waals surface area contributed by atoms with Crippen molar-refractivity contribution >= 4 is 34.8 Å². The van der Waals surface area contributed by atoms with Gasteiger partial charge >= 0.3 is 0 Å². The van der Waals surface area contributed by atoms with Crippen LogP contribution >= 0.6 is 12.4 Å². The van der Waals surface area contributed by atoms with Crippen LogP contribution in [0.2, 0.25) is 0 Å². The van der Waals surface area contributed by atoms with Crippen molar-refractivity contribution in [3.63, 3.8) is 0 Å². The fourth-order valence-electron chi connectivity index (χ4n) is 4.32. The second kappa shape index (κ2) is 11.4.